The Balaban J connectivity index is 1.47. The van der Waals surface area contributed by atoms with Gasteiger partial charge in [-0.1, -0.05) is 30.3 Å². The predicted octanol–water partition coefficient (Wildman–Crippen LogP) is 1.05. The number of carbonyl (C=O) groups excluding carboxylic acids is 1. The summed E-state index contributed by atoms with van der Waals surface area (Å²) in [6, 6.07) is 10.6. The van der Waals surface area contributed by atoms with Crippen molar-refractivity contribution in [2.45, 2.75) is 19.5 Å². The van der Waals surface area contributed by atoms with Crippen LogP contribution in [0.1, 0.15) is 12.5 Å². The van der Waals surface area contributed by atoms with E-state index in [1.807, 2.05) is 11.8 Å². The zero-order valence-electron chi connectivity index (χ0n) is 14.0. The smallest absolute Gasteiger partial charge is 0.239 e. The van der Waals surface area contributed by atoms with Crippen molar-refractivity contribution in [2.75, 3.05) is 52.5 Å². The minimum absolute atomic E-state index is 0.0213. The molecule has 2 saturated heterocycles. The number of piperazine rings is 1. The fraction of sp³-hybridized carbons (Fsp3) is 0.611. The van der Waals surface area contributed by atoms with Gasteiger partial charge in [-0.2, -0.15) is 0 Å². The van der Waals surface area contributed by atoms with Crippen molar-refractivity contribution in [3.05, 3.63) is 35.9 Å². The molecule has 0 aliphatic carbocycles. The van der Waals surface area contributed by atoms with Crippen LogP contribution in [-0.4, -0.2) is 79.1 Å². The van der Waals surface area contributed by atoms with Gasteiger partial charge in [0.2, 0.25) is 5.91 Å². The van der Waals surface area contributed by atoms with Crippen LogP contribution in [0.5, 0.6) is 0 Å². The Hall–Kier alpha value is -1.43. The number of rotatable bonds is 4. The number of benzene rings is 1. The van der Waals surface area contributed by atoms with E-state index in [1.165, 1.54) is 5.56 Å². The molecule has 126 valence electrons. The number of nitrogens with zero attached hydrogens (tertiary/aromatic N) is 3. The first kappa shape index (κ1) is 16.4. The van der Waals surface area contributed by atoms with Crippen molar-refractivity contribution in [3.63, 3.8) is 0 Å². The second kappa shape index (κ2) is 7.90. The average molecular weight is 317 g/mol. The molecule has 0 bridgehead atoms. The van der Waals surface area contributed by atoms with Crippen LogP contribution in [0.4, 0.5) is 0 Å². The zero-order chi connectivity index (χ0) is 16.1. The van der Waals surface area contributed by atoms with Gasteiger partial charge in [0.15, 0.2) is 0 Å². The van der Waals surface area contributed by atoms with Crippen LogP contribution in [0, 0.1) is 0 Å². The summed E-state index contributed by atoms with van der Waals surface area (Å²) >= 11 is 0. The first-order valence-electron chi connectivity index (χ1n) is 8.61. The van der Waals surface area contributed by atoms with Gasteiger partial charge in [0, 0.05) is 45.8 Å². The van der Waals surface area contributed by atoms with E-state index in [2.05, 4.69) is 40.1 Å². The number of hydrogen-bond donors (Lipinski definition) is 0. The van der Waals surface area contributed by atoms with Crippen LogP contribution < -0.4 is 0 Å². The van der Waals surface area contributed by atoms with Gasteiger partial charge in [0.25, 0.3) is 0 Å². The summed E-state index contributed by atoms with van der Waals surface area (Å²) in [5.74, 6) is 0.254. The summed E-state index contributed by atoms with van der Waals surface area (Å²) in [6.45, 7) is 9.82. The first-order valence-corrected chi connectivity index (χ1v) is 8.61. The maximum absolute atomic E-state index is 12.6. The molecular formula is C18H27N3O2. The summed E-state index contributed by atoms with van der Waals surface area (Å²) in [5, 5.41) is 0. The minimum atomic E-state index is -0.0213. The molecule has 2 aliphatic heterocycles. The zero-order valence-corrected chi connectivity index (χ0v) is 14.0. The summed E-state index contributed by atoms with van der Waals surface area (Å²) in [6.07, 6.45) is 0. The second-order valence-electron chi connectivity index (χ2n) is 6.41. The van der Waals surface area contributed by atoms with Gasteiger partial charge in [-0.15, -0.1) is 0 Å². The highest BCUT2D eigenvalue weighted by Gasteiger charge is 2.29. The van der Waals surface area contributed by atoms with E-state index in [9.17, 15) is 4.79 Å². The molecule has 0 N–H and O–H groups in total. The van der Waals surface area contributed by atoms with E-state index in [0.717, 1.165) is 45.8 Å². The molecule has 2 heterocycles. The summed E-state index contributed by atoms with van der Waals surface area (Å²) < 4.78 is 5.33. The standard InChI is InChI=1S/C18H27N3O2/c1-16(18(22)21-11-13-23-14-12-21)20-9-7-19(8-10-20)15-17-5-3-2-4-6-17/h2-6,16H,7-15H2,1H3. The molecule has 2 fully saturated rings. The maximum atomic E-state index is 12.6. The Kier molecular flexibility index (Phi) is 5.65. The fourth-order valence-electron chi connectivity index (χ4n) is 3.35. The van der Waals surface area contributed by atoms with Crippen molar-refractivity contribution in [1.82, 2.24) is 14.7 Å². The lowest BCUT2D eigenvalue weighted by atomic mass is 10.1. The molecule has 1 aromatic rings. The second-order valence-corrected chi connectivity index (χ2v) is 6.41. The molecule has 0 radical (unpaired) electrons. The number of morpholine rings is 1. The summed E-state index contributed by atoms with van der Waals surface area (Å²) in [7, 11) is 0. The Morgan fingerprint density at radius 2 is 1.70 bits per heavy atom. The third kappa shape index (κ3) is 4.31. The Morgan fingerprint density at radius 3 is 2.35 bits per heavy atom. The van der Waals surface area contributed by atoms with Crippen molar-refractivity contribution in [3.8, 4) is 0 Å². The molecule has 0 spiro atoms. The molecule has 23 heavy (non-hydrogen) atoms. The number of ether oxygens (including phenoxy) is 1. The highest BCUT2D eigenvalue weighted by Crippen LogP contribution is 2.12. The van der Waals surface area contributed by atoms with Crippen LogP contribution in [0.3, 0.4) is 0 Å². The Morgan fingerprint density at radius 1 is 1.04 bits per heavy atom. The first-order chi connectivity index (χ1) is 11.2. The maximum Gasteiger partial charge on any atom is 0.239 e. The van der Waals surface area contributed by atoms with Crippen LogP contribution in [-0.2, 0) is 16.1 Å². The Labute approximate surface area is 138 Å². The van der Waals surface area contributed by atoms with Gasteiger partial charge in [0.05, 0.1) is 19.3 Å². The molecule has 1 aromatic carbocycles. The van der Waals surface area contributed by atoms with E-state index in [1.54, 1.807) is 0 Å². The molecule has 3 rings (SSSR count). The summed E-state index contributed by atoms with van der Waals surface area (Å²) in [5.41, 5.74) is 1.36. The third-order valence-corrected chi connectivity index (χ3v) is 4.88. The number of carbonyl (C=O) groups is 1. The molecule has 0 aromatic heterocycles. The quantitative estimate of drug-likeness (QED) is 0.832. The van der Waals surface area contributed by atoms with Gasteiger partial charge in [-0.05, 0) is 12.5 Å². The van der Waals surface area contributed by atoms with Crippen LogP contribution in [0.2, 0.25) is 0 Å². The van der Waals surface area contributed by atoms with Crippen LogP contribution in [0.15, 0.2) is 30.3 Å². The lowest BCUT2D eigenvalue weighted by molar-refractivity contribution is -0.141. The average Bonchev–Trinajstić information content (AvgIpc) is 2.63. The van der Waals surface area contributed by atoms with Crippen molar-refractivity contribution in [2.24, 2.45) is 0 Å². The van der Waals surface area contributed by atoms with E-state index in [4.69, 9.17) is 4.74 Å². The highest BCUT2D eigenvalue weighted by molar-refractivity contribution is 5.81. The monoisotopic (exact) mass is 317 g/mol. The topological polar surface area (TPSA) is 36.0 Å². The lowest BCUT2D eigenvalue weighted by Gasteiger charge is -2.39. The SMILES string of the molecule is CC(C(=O)N1CCOCC1)N1CCN(Cc2ccccc2)CC1. The molecular weight excluding hydrogens is 290 g/mol. The molecule has 5 heteroatoms. The minimum Gasteiger partial charge on any atom is -0.378 e. The van der Waals surface area contributed by atoms with Gasteiger partial charge < -0.3 is 9.64 Å². The van der Waals surface area contributed by atoms with Gasteiger partial charge in [-0.25, -0.2) is 0 Å². The predicted molar refractivity (Wildman–Crippen MR) is 90.2 cm³/mol. The number of hydrogen-bond acceptors (Lipinski definition) is 4. The van der Waals surface area contributed by atoms with Crippen LogP contribution >= 0.6 is 0 Å². The molecule has 5 nitrogen and oxygen atoms in total. The van der Waals surface area contributed by atoms with E-state index < -0.39 is 0 Å². The lowest BCUT2D eigenvalue weighted by Crippen LogP contribution is -2.55. The van der Waals surface area contributed by atoms with E-state index in [-0.39, 0.29) is 11.9 Å². The molecule has 1 unspecified atom stereocenters. The van der Waals surface area contributed by atoms with E-state index >= 15 is 0 Å². The van der Waals surface area contributed by atoms with Gasteiger partial charge in [-0.3, -0.25) is 14.6 Å². The third-order valence-electron chi connectivity index (χ3n) is 4.88. The fourth-order valence-corrected chi connectivity index (χ4v) is 3.35. The molecule has 2 aliphatic rings. The van der Waals surface area contributed by atoms with Crippen molar-refractivity contribution < 1.29 is 9.53 Å². The van der Waals surface area contributed by atoms with Gasteiger partial charge in [0.1, 0.15) is 0 Å². The number of amides is 1. The molecule has 0 saturated carbocycles. The van der Waals surface area contributed by atoms with Gasteiger partial charge >= 0.3 is 0 Å². The summed E-state index contributed by atoms with van der Waals surface area (Å²) in [4.78, 5) is 19.3. The molecule has 1 amide bonds. The van der Waals surface area contributed by atoms with E-state index in [0.29, 0.717) is 13.2 Å². The Bertz CT molecular complexity index is 494. The molecule has 1 atom stereocenters. The largest absolute Gasteiger partial charge is 0.378 e. The highest BCUT2D eigenvalue weighted by atomic mass is 16.5. The van der Waals surface area contributed by atoms with Crippen LogP contribution in [0.25, 0.3) is 0 Å². The van der Waals surface area contributed by atoms with Crippen molar-refractivity contribution >= 4 is 5.91 Å². The normalized spacial score (nSPS) is 22.0. The van der Waals surface area contributed by atoms with Crippen molar-refractivity contribution in [1.29, 1.82) is 0 Å².